The van der Waals surface area contributed by atoms with Crippen molar-refractivity contribution in [1.29, 1.82) is 0 Å². The van der Waals surface area contributed by atoms with Crippen LogP contribution in [0.5, 0.6) is 0 Å². The van der Waals surface area contributed by atoms with Crippen LogP contribution in [0.1, 0.15) is 23.6 Å². The molecule has 0 aromatic heterocycles. The van der Waals surface area contributed by atoms with Crippen molar-refractivity contribution in [2.24, 2.45) is 4.99 Å². The highest BCUT2D eigenvalue weighted by molar-refractivity contribution is 5.85. The Morgan fingerprint density at radius 2 is 2.06 bits per heavy atom. The van der Waals surface area contributed by atoms with Gasteiger partial charge < -0.3 is 5.32 Å². The molecule has 0 bridgehead atoms. The number of benzene rings is 1. The quantitative estimate of drug-likeness (QED) is 0.883. The first-order valence-electron chi connectivity index (χ1n) is 5.97. The third-order valence-electron chi connectivity index (χ3n) is 3.02. The maximum atomic E-state index is 12.6. The fraction of sp³-hybridized carbons (Fsp3) is 0.462. The fourth-order valence-electron chi connectivity index (χ4n) is 2.05. The zero-order chi connectivity index (χ0) is 13.2. The average Bonchev–Trinajstić information content (AvgIpc) is 2.81. The Bertz CT molecular complexity index is 464. The van der Waals surface area contributed by atoms with Crippen molar-refractivity contribution < 1.29 is 13.2 Å². The highest BCUT2D eigenvalue weighted by Crippen LogP contribution is 2.30. The molecule has 0 fully saturated rings. The van der Waals surface area contributed by atoms with Crippen molar-refractivity contribution in [2.75, 3.05) is 13.1 Å². The van der Waals surface area contributed by atoms with E-state index in [1.165, 1.54) is 6.07 Å². The topological polar surface area (TPSA) is 24.4 Å². The molecule has 1 heterocycles. The molecule has 5 heteroatoms. The summed E-state index contributed by atoms with van der Waals surface area (Å²) in [4.78, 5) is 4.26. The highest BCUT2D eigenvalue weighted by Gasteiger charge is 2.30. The zero-order valence-corrected chi connectivity index (χ0v) is 10.1. The van der Waals surface area contributed by atoms with E-state index in [-0.39, 0.29) is 0 Å². The Hall–Kier alpha value is -1.52. The fourth-order valence-corrected chi connectivity index (χ4v) is 2.05. The van der Waals surface area contributed by atoms with Gasteiger partial charge in [0.1, 0.15) is 5.84 Å². The lowest BCUT2D eigenvalue weighted by Gasteiger charge is -2.12. The van der Waals surface area contributed by atoms with Gasteiger partial charge in [-0.05, 0) is 29.7 Å². The van der Waals surface area contributed by atoms with Crippen LogP contribution >= 0.6 is 0 Å². The second kappa shape index (κ2) is 5.00. The molecule has 1 aliphatic heterocycles. The molecule has 0 saturated carbocycles. The summed E-state index contributed by atoms with van der Waals surface area (Å²) in [5, 5.41) is 3.13. The minimum Gasteiger partial charge on any atom is -0.372 e. The van der Waals surface area contributed by atoms with E-state index in [0.717, 1.165) is 36.1 Å². The predicted molar refractivity (Wildman–Crippen MR) is 64.8 cm³/mol. The minimum absolute atomic E-state index is 0.579. The number of aliphatic imine (C=N–C) groups is 1. The number of nitrogens with zero attached hydrogens (tertiary/aromatic N) is 1. The van der Waals surface area contributed by atoms with E-state index in [4.69, 9.17) is 0 Å². The van der Waals surface area contributed by atoms with Gasteiger partial charge >= 0.3 is 6.18 Å². The summed E-state index contributed by atoms with van der Waals surface area (Å²) in [6.07, 6.45) is -3.10. The van der Waals surface area contributed by atoms with E-state index in [2.05, 4.69) is 10.3 Å². The Kier molecular flexibility index (Phi) is 3.59. The summed E-state index contributed by atoms with van der Waals surface area (Å²) < 4.78 is 37.8. The first kappa shape index (κ1) is 12.9. The summed E-state index contributed by atoms with van der Waals surface area (Å²) in [5.41, 5.74) is 1.07. The van der Waals surface area contributed by atoms with Gasteiger partial charge in [0.25, 0.3) is 0 Å². The van der Waals surface area contributed by atoms with Crippen molar-refractivity contribution in [1.82, 2.24) is 5.32 Å². The van der Waals surface area contributed by atoms with Crippen molar-refractivity contribution in [3.05, 3.63) is 34.9 Å². The Balaban J connectivity index is 2.25. The lowest BCUT2D eigenvalue weighted by molar-refractivity contribution is -0.137. The third kappa shape index (κ3) is 2.83. The molecule has 1 N–H and O–H groups in total. The van der Waals surface area contributed by atoms with Crippen LogP contribution in [-0.2, 0) is 19.0 Å². The van der Waals surface area contributed by atoms with Crippen LogP contribution in [0, 0.1) is 0 Å². The van der Waals surface area contributed by atoms with Gasteiger partial charge in [0.05, 0.1) is 12.1 Å². The van der Waals surface area contributed by atoms with Gasteiger partial charge in [-0.25, -0.2) is 0 Å². The molecule has 18 heavy (non-hydrogen) atoms. The lowest BCUT2D eigenvalue weighted by atomic mass is 9.99. The molecule has 0 aliphatic carbocycles. The average molecular weight is 256 g/mol. The molecule has 0 radical (unpaired) electrons. The summed E-state index contributed by atoms with van der Waals surface area (Å²) in [6.45, 7) is 3.43. The number of halogens is 3. The number of hydrogen-bond acceptors (Lipinski definition) is 2. The van der Waals surface area contributed by atoms with E-state index < -0.39 is 11.7 Å². The van der Waals surface area contributed by atoms with Crippen molar-refractivity contribution in [3.63, 3.8) is 0 Å². The van der Waals surface area contributed by atoms with Gasteiger partial charge in [-0.15, -0.1) is 0 Å². The minimum atomic E-state index is -4.27. The lowest BCUT2D eigenvalue weighted by Crippen LogP contribution is -2.21. The smallest absolute Gasteiger partial charge is 0.372 e. The molecule has 1 aromatic carbocycles. The maximum Gasteiger partial charge on any atom is 0.416 e. The van der Waals surface area contributed by atoms with Crippen LogP contribution in [0.3, 0.4) is 0 Å². The number of hydrogen-bond donors (Lipinski definition) is 1. The molecule has 0 amide bonds. The first-order chi connectivity index (χ1) is 8.50. The Morgan fingerprint density at radius 1 is 1.28 bits per heavy atom. The van der Waals surface area contributed by atoms with Gasteiger partial charge in [-0.3, -0.25) is 4.99 Å². The predicted octanol–water partition coefficient (Wildman–Crippen LogP) is 2.81. The van der Waals surface area contributed by atoms with Gasteiger partial charge in [0.2, 0.25) is 0 Å². The van der Waals surface area contributed by atoms with Crippen LogP contribution in [0.2, 0.25) is 0 Å². The monoisotopic (exact) mass is 256 g/mol. The van der Waals surface area contributed by atoms with Crippen LogP contribution in [0.15, 0.2) is 23.2 Å². The standard InChI is InChI=1S/C13H15F3N2/c1-2-9-7-11(13(14,15)16)4-3-10(9)8-12-17-5-6-18-12/h3-4,7H,2,5-6,8H2,1H3,(H,17,18). The number of rotatable bonds is 3. The van der Waals surface area contributed by atoms with Crippen LogP contribution in [-0.4, -0.2) is 18.9 Å². The van der Waals surface area contributed by atoms with Crippen molar-refractivity contribution in [3.8, 4) is 0 Å². The third-order valence-corrected chi connectivity index (χ3v) is 3.02. The molecule has 1 aromatic rings. The molecule has 0 saturated heterocycles. The second-order valence-electron chi connectivity index (χ2n) is 4.27. The first-order valence-corrected chi connectivity index (χ1v) is 5.97. The largest absolute Gasteiger partial charge is 0.416 e. The molecule has 0 atom stereocenters. The molecular weight excluding hydrogens is 241 g/mol. The molecular formula is C13H15F3N2. The number of aryl methyl sites for hydroxylation is 1. The van der Waals surface area contributed by atoms with Crippen LogP contribution < -0.4 is 5.32 Å². The number of amidine groups is 1. The molecule has 0 spiro atoms. The van der Waals surface area contributed by atoms with Crippen molar-refractivity contribution >= 4 is 5.84 Å². The van der Waals surface area contributed by atoms with E-state index in [9.17, 15) is 13.2 Å². The van der Waals surface area contributed by atoms with E-state index >= 15 is 0 Å². The summed E-state index contributed by atoms with van der Waals surface area (Å²) in [7, 11) is 0. The summed E-state index contributed by atoms with van der Waals surface area (Å²) >= 11 is 0. The van der Waals surface area contributed by atoms with Crippen molar-refractivity contribution in [2.45, 2.75) is 25.9 Å². The number of alkyl halides is 3. The van der Waals surface area contributed by atoms with E-state index in [1.807, 2.05) is 6.92 Å². The normalized spacial score (nSPS) is 15.4. The summed E-state index contributed by atoms with van der Waals surface area (Å²) in [6, 6.07) is 3.94. The van der Waals surface area contributed by atoms with Gasteiger partial charge in [0.15, 0.2) is 0 Å². The Labute approximate surface area is 104 Å². The number of nitrogens with one attached hydrogen (secondary N) is 1. The Morgan fingerprint density at radius 3 is 2.61 bits per heavy atom. The van der Waals surface area contributed by atoms with E-state index in [0.29, 0.717) is 12.8 Å². The van der Waals surface area contributed by atoms with Crippen LogP contribution in [0.4, 0.5) is 13.2 Å². The maximum absolute atomic E-state index is 12.6. The summed E-state index contributed by atoms with van der Waals surface area (Å²) in [5.74, 6) is 0.865. The zero-order valence-electron chi connectivity index (χ0n) is 10.1. The second-order valence-corrected chi connectivity index (χ2v) is 4.27. The van der Waals surface area contributed by atoms with Gasteiger partial charge in [-0.1, -0.05) is 13.0 Å². The molecule has 1 aliphatic rings. The van der Waals surface area contributed by atoms with E-state index in [1.54, 1.807) is 6.07 Å². The molecule has 2 nitrogen and oxygen atoms in total. The molecule has 0 unspecified atom stereocenters. The molecule has 2 rings (SSSR count). The van der Waals surface area contributed by atoms with Gasteiger partial charge in [0, 0.05) is 13.0 Å². The highest BCUT2D eigenvalue weighted by atomic mass is 19.4. The van der Waals surface area contributed by atoms with Crippen LogP contribution in [0.25, 0.3) is 0 Å². The SMILES string of the molecule is CCc1cc(C(F)(F)F)ccc1CC1=NCCN1. The van der Waals surface area contributed by atoms with Gasteiger partial charge in [-0.2, -0.15) is 13.2 Å². The molecule has 98 valence electrons.